The van der Waals surface area contributed by atoms with Gasteiger partial charge in [-0.25, -0.2) is 4.79 Å². The Kier molecular flexibility index (Phi) is 42.4. The number of amides is 13. The van der Waals surface area contributed by atoms with Crippen LogP contribution >= 0.6 is 0 Å². The van der Waals surface area contributed by atoms with Crippen LogP contribution in [0.2, 0.25) is 0 Å². The van der Waals surface area contributed by atoms with Crippen molar-refractivity contribution in [2.75, 3.05) is 52.4 Å². The van der Waals surface area contributed by atoms with Gasteiger partial charge in [0.2, 0.25) is 76.8 Å². The van der Waals surface area contributed by atoms with Crippen molar-refractivity contribution in [3.8, 4) is 0 Å². The summed E-state index contributed by atoms with van der Waals surface area (Å²) in [6.07, 6.45) is -11.1. The SMILES string of the molecule is CC[C@H](C)[C@H](N)/C=C/[C@@H](C)C(=O)NCC(=O)N[C@@H](Cc1ccccc1)C(=O)N[C@@H](CC[C@H](CN)O[C@@H]1O[C@H](CO)[C@H](O)[C@H](O)[C@H]1O)C(=O)NCC(=O)N[C@@H](CCC(=O)O)C(=O)N[C@@H](CCC(N)=O)C(=O)NCC(=O)N1CCC[C@H]1C(=O)N[C@@H](CCCCN)C(=O)NCC(=O)N[C@@H](CCC(=O)O)C(=O)N[C@H](C(=O)O)[C@@H](C)O. The molecule has 1 aromatic carbocycles. The van der Waals surface area contributed by atoms with Crippen molar-refractivity contribution in [2.24, 2.45) is 34.8 Å². The van der Waals surface area contributed by atoms with Crippen LogP contribution in [-0.4, -0.2) is 290 Å². The Morgan fingerprint density at radius 1 is 0.586 bits per heavy atom. The van der Waals surface area contributed by atoms with E-state index in [9.17, 15) is 118 Å². The highest BCUT2D eigenvalue weighted by atomic mass is 16.7. The Morgan fingerprint density at radius 2 is 1.08 bits per heavy atom. The van der Waals surface area contributed by atoms with E-state index in [1.165, 1.54) is 0 Å². The van der Waals surface area contributed by atoms with Crippen LogP contribution in [0, 0.1) is 11.8 Å². The smallest absolute Gasteiger partial charge is 0.328 e. The maximum absolute atomic E-state index is 14.5. The van der Waals surface area contributed by atoms with Crippen molar-refractivity contribution in [2.45, 2.75) is 221 Å². The van der Waals surface area contributed by atoms with E-state index >= 15 is 0 Å². The number of aliphatic carboxylic acids is 3. The zero-order valence-electron chi connectivity index (χ0n) is 62.4. The van der Waals surface area contributed by atoms with Crippen molar-refractivity contribution in [1.29, 1.82) is 0 Å². The summed E-state index contributed by atoms with van der Waals surface area (Å²) in [5, 5.41) is 105. The molecule has 42 heteroatoms. The first-order chi connectivity index (χ1) is 52.4. The number of unbranched alkanes of at least 4 members (excludes halogenated alkanes) is 1. The predicted molar refractivity (Wildman–Crippen MR) is 387 cm³/mol. The number of aliphatic hydroxyl groups excluding tert-OH is 5. The second-order valence-electron chi connectivity index (χ2n) is 27.0. The lowest BCUT2D eigenvalue weighted by atomic mass is 9.98. The highest BCUT2D eigenvalue weighted by Gasteiger charge is 2.45. The standard InChI is InChI=1S/C69H110N16O26/c1-5-35(2)40(72)18-16-36(3)60(100)74-30-52(91)80-46(28-38-12-7-6-8-13-38)66(106)82-42(19-17-39(29-71)110-69-59(99)58(98)57(97)48(34-86)111-69)62(102)76-32-50(89)78-44(21-24-54(93)94)64(104)81-43(20-23-49(73)88)63(103)77-33-53(92)85-27-11-15-47(85)67(107)83-41(14-9-10-26-70)61(101)75-31-51(90)79-45(22-25-55(95)96)65(105)84-56(37(4)87)68(108)109/h6-8,12-13,16,18,35-37,39-48,56-59,69,86-87,97-99H,5,9-11,14-15,17,19-34,70-72H2,1-4H3,(H2,73,88)(H,74,100)(H,75,101)(H,76,102)(H,77,103)(H,78,89)(H,79,90)(H,80,91)(H,81,104)(H,82,106)(H,83,107)(H,84,105)(H,93,94)(H,95,96)(H,108,109)/b18-16+/t35-,36+,37+,39+,40+,41-,42-,43-,44-,45-,46-,47-,48+,56-,57-,58-,59+,69+/m0/s1. The topological polar surface area (TPSA) is 693 Å². The van der Waals surface area contributed by atoms with E-state index < -0.39 is 270 Å². The van der Waals surface area contributed by atoms with E-state index in [0.717, 1.165) is 18.2 Å². The van der Waals surface area contributed by atoms with Gasteiger partial charge in [0.15, 0.2) is 12.3 Å². The number of carboxylic acids is 3. The summed E-state index contributed by atoms with van der Waals surface area (Å²) in [6, 6.07) is -4.89. The number of hydrogen-bond acceptors (Lipinski definition) is 26. The van der Waals surface area contributed by atoms with E-state index in [0.29, 0.717) is 12.0 Å². The van der Waals surface area contributed by atoms with Crippen LogP contribution in [-0.2, 0) is 92.6 Å². The lowest BCUT2D eigenvalue weighted by Gasteiger charge is -2.40. The number of benzene rings is 1. The molecule has 0 aromatic heterocycles. The number of ether oxygens (including phenoxy) is 2. The molecule has 13 amide bonds. The maximum Gasteiger partial charge on any atom is 0.328 e. The van der Waals surface area contributed by atoms with Crippen molar-refractivity contribution in [3.63, 3.8) is 0 Å². The first-order valence-electron chi connectivity index (χ1n) is 36.4. The zero-order valence-corrected chi connectivity index (χ0v) is 62.4. The Balaban J connectivity index is 1.83. The van der Waals surface area contributed by atoms with E-state index in [1.807, 2.05) is 19.2 Å². The summed E-state index contributed by atoms with van der Waals surface area (Å²) in [5.74, 6) is -17.9. The van der Waals surface area contributed by atoms with Gasteiger partial charge in [0, 0.05) is 44.8 Å². The van der Waals surface area contributed by atoms with Crippen LogP contribution in [0.5, 0.6) is 0 Å². The van der Waals surface area contributed by atoms with Crippen molar-refractivity contribution in [1.82, 2.24) is 63.4 Å². The largest absolute Gasteiger partial charge is 0.481 e. The van der Waals surface area contributed by atoms with Crippen LogP contribution in [0.25, 0.3) is 0 Å². The van der Waals surface area contributed by atoms with Crippen molar-refractivity contribution >= 4 is 94.7 Å². The molecule has 111 heavy (non-hydrogen) atoms. The molecule has 0 bridgehead atoms. The van der Waals surface area contributed by atoms with E-state index in [-0.39, 0.29) is 70.1 Å². The number of nitrogens with one attached hydrogen (secondary N) is 11. The fourth-order valence-electron chi connectivity index (χ4n) is 11.4. The third-order valence-electron chi connectivity index (χ3n) is 18.2. The summed E-state index contributed by atoms with van der Waals surface area (Å²) < 4.78 is 11.3. The van der Waals surface area contributed by atoms with Crippen molar-refractivity contribution < 1.29 is 127 Å². The summed E-state index contributed by atoms with van der Waals surface area (Å²) >= 11 is 0. The number of carbonyl (C=O) groups is 16. The predicted octanol–water partition coefficient (Wildman–Crippen LogP) is -8.84. The second-order valence-corrected chi connectivity index (χ2v) is 27.0. The molecule has 0 unspecified atom stereocenters. The van der Waals surface area contributed by atoms with Crippen LogP contribution in [0.3, 0.4) is 0 Å². The van der Waals surface area contributed by atoms with Crippen LogP contribution < -0.4 is 81.4 Å². The number of hydrogen-bond donors (Lipinski definition) is 23. The van der Waals surface area contributed by atoms with Gasteiger partial charge in [0.25, 0.3) is 0 Å². The number of aliphatic hydroxyl groups is 5. The molecule has 2 fully saturated rings. The number of carboxylic acid groups (broad SMARTS) is 3. The van der Waals surface area contributed by atoms with Crippen LogP contribution in [0.4, 0.5) is 0 Å². The molecule has 2 saturated heterocycles. The summed E-state index contributed by atoms with van der Waals surface area (Å²) in [6.45, 7) is 2.18. The fourth-order valence-corrected chi connectivity index (χ4v) is 11.4. The normalized spacial score (nSPS) is 20.0. The quantitative estimate of drug-likeness (QED) is 0.0213. The van der Waals surface area contributed by atoms with Gasteiger partial charge in [-0.15, -0.1) is 0 Å². The highest BCUT2D eigenvalue weighted by molar-refractivity contribution is 5.98. The fraction of sp³-hybridized carbons (Fsp3) is 0.652. The third-order valence-corrected chi connectivity index (χ3v) is 18.2. The van der Waals surface area contributed by atoms with Crippen LogP contribution in [0.1, 0.15) is 123 Å². The number of likely N-dealkylation sites (tertiary alicyclic amines) is 1. The molecule has 2 aliphatic heterocycles. The van der Waals surface area contributed by atoms with Crippen molar-refractivity contribution in [3.05, 3.63) is 48.0 Å². The number of primary amides is 1. The minimum absolute atomic E-state index is 0.0427. The Labute approximate surface area is 639 Å². The molecule has 18 atom stereocenters. The molecule has 0 spiro atoms. The Bertz CT molecular complexity index is 3340. The summed E-state index contributed by atoms with van der Waals surface area (Å²) in [4.78, 5) is 213. The van der Waals surface area contributed by atoms with Gasteiger partial charge in [-0.2, -0.15) is 0 Å². The Morgan fingerprint density at radius 3 is 1.59 bits per heavy atom. The number of rotatable bonds is 51. The average Bonchev–Trinajstić information content (AvgIpc) is 1.55. The number of nitrogens with two attached hydrogens (primary N) is 4. The Hall–Kier alpha value is -9.92. The molecule has 0 saturated carbocycles. The highest BCUT2D eigenvalue weighted by Crippen LogP contribution is 2.25. The molecule has 2 aliphatic rings. The van der Waals surface area contributed by atoms with E-state index in [1.54, 1.807) is 49.4 Å². The molecule has 42 nitrogen and oxygen atoms in total. The number of nitrogens with zero attached hydrogens (tertiary/aromatic N) is 1. The van der Waals surface area contributed by atoms with Gasteiger partial charge in [-0.3, -0.25) is 71.9 Å². The van der Waals surface area contributed by atoms with Gasteiger partial charge in [-0.1, -0.05) is 69.7 Å². The first-order valence-corrected chi connectivity index (χ1v) is 36.4. The molecule has 1 aromatic rings. The van der Waals surface area contributed by atoms with Gasteiger partial charge in [0.1, 0.15) is 66.7 Å². The molecular weight excluding hydrogens is 1470 g/mol. The molecule has 0 radical (unpaired) electrons. The zero-order chi connectivity index (χ0) is 83.2. The van der Waals surface area contributed by atoms with E-state index in [4.69, 9.17) is 32.4 Å². The lowest BCUT2D eigenvalue weighted by molar-refractivity contribution is -0.310. The third kappa shape index (κ3) is 34.1. The maximum atomic E-state index is 14.5. The van der Waals surface area contributed by atoms with Gasteiger partial charge in [-0.05, 0) is 89.2 Å². The molecule has 27 N–H and O–H groups in total. The first kappa shape index (κ1) is 95.3. The molecule has 0 aliphatic carbocycles. The van der Waals surface area contributed by atoms with Crippen LogP contribution in [0.15, 0.2) is 42.5 Å². The molecular formula is C69H110N16O26. The number of carbonyl (C=O) groups excluding carboxylic acids is 13. The summed E-state index contributed by atoms with van der Waals surface area (Å²) in [7, 11) is 0. The average molecular weight is 1580 g/mol. The van der Waals surface area contributed by atoms with Gasteiger partial charge < -0.3 is 137 Å². The summed E-state index contributed by atoms with van der Waals surface area (Å²) in [5.41, 5.74) is 23.8. The second kappa shape index (κ2) is 49.4. The minimum Gasteiger partial charge on any atom is -0.481 e. The monoisotopic (exact) mass is 1580 g/mol. The molecule has 2 heterocycles. The van der Waals surface area contributed by atoms with E-state index in [2.05, 4.69) is 53.2 Å². The lowest BCUT2D eigenvalue weighted by Crippen LogP contribution is -2.60. The molecule has 3 rings (SSSR count). The van der Waals surface area contributed by atoms with Gasteiger partial charge in [0.05, 0.1) is 50.9 Å². The molecule has 622 valence electrons. The minimum atomic E-state index is -1.88. The van der Waals surface area contributed by atoms with Gasteiger partial charge >= 0.3 is 17.9 Å².